The molecule has 0 aliphatic heterocycles. The van der Waals surface area contributed by atoms with Gasteiger partial charge >= 0.3 is 0 Å². The highest BCUT2D eigenvalue weighted by Gasteiger charge is 2.07. The summed E-state index contributed by atoms with van der Waals surface area (Å²) in [7, 11) is -3.07. The zero-order chi connectivity index (χ0) is 7.78. The Morgan fingerprint density at radius 3 is 2.30 bits per heavy atom. The Labute approximate surface area is 67.5 Å². The summed E-state index contributed by atoms with van der Waals surface area (Å²) in [5, 5.41) is 0.236. The van der Waals surface area contributed by atoms with Gasteiger partial charge in [0.15, 0.2) is 9.84 Å². The van der Waals surface area contributed by atoms with E-state index < -0.39 is 9.84 Å². The monoisotopic (exact) mass is 223 g/mol. The van der Waals surface area contributed by atoms with Crippen molar-refractivity contribution in [3.05, 3.63) is 16.7 Å². The summed E-state index contributed by atoms with van der Waals surface area (Å²) in [5.41, 5.74) is 0. The second-order valence-corrected chi connectivity index (χ2v) is 4.78. The van der Waals surface area contributed by atoms with E-state index in [1.165, 1.54) is 6.07 Å². The first-order chi connectivity index (χ1) is 4.50. The second kappa shape index (κ2) is 2.39. The van der Waals surface area contributed by atoms with E-state index in [-0.39, 0.29) is 5.03 Å². The SMILES string of the molecule is CS(=O)(=O)c1ccc(Br)[nH]1. The third kappa shape index (κ3) is 1.60. The van der Waals surface area contributed by atoms with Crippen molar-refractivity contribution >= 4 is 25.8 Å². The summed E-state index contributed by atoms with van der Waals surface area (Å²) in [6.07, 6.45) is 1.16. The zero-order valence-electron chi connectivity index (χ0n) is 5.26. The number of nitrogens with one attached hydrogen (secondary N) is 1. The van der Waals surface area contributed by atoms with Crippen molar-refractivity contribution < 1.29 is 8.42 Å². The normalized spacial score (nSPS) is 11.8. The standard InChI is InChI=1S/C5H6BrNO2S/c1-10(8,9)5-3-2-4(6)7-5/h2-3,7H,1H3. The van der Waals surface area contributed by atoms with Crippen molar-refractivity contribution in [2.24, 2.45) is 0 Å². The van der Waals surface area contributed by atoms with Gasteiger partial charge < -0.3 is 4.98 Å². The number of H-pyrrole nitrogens is 1. The molecule has 0 saturated carbocycles. The van der Waals surface area contributed by atoms with Gasteiger partial charge in [-0.25, -0.2) is 8.42 Å². The highest BCUT2D eigenvalue weighted by Crippen LogP contribution is 2.12. The van der Waals surface area contributed by atoms with Crippen LogP contribution in [-0.2, 0) is 9.84 Å². The van der Waals surface area contributed by atoms with E-state index in [1.54, 1.807) is 6.07 Å². The minimum atomic E-state index is -3.07. The Hall–Kier alpha value is -0.290. The van der Waals surface area contributed by atoms with Gasteiger partial charge in [-0.1, -0.05) is 0 Å². The predicted molar refractivity (Wildman–Crippen MR) is 41.6 cm³/mol. The van der Waals surface area contributed by atoms with E-state index in [4.69, 9.17) is 0 Å². The molecule has 56 valence electrons. The predicted octanol–water partition coefficient (Wildman–Crippen LogP) is 1.18. The quantitative estimate of drug-likeness (QED) is 0.778. The molecule has 0 spiro atoms. The van der Waals surface area contributed by atoms with Gasteiger partial charge in [0.1, 0.15) is 5.03 Å². The summed E-state index contributed by atoms with van der Waals surface area (Å²) in [6.45, 7) is 0. The van der Waals surface area contributed by atoms with Crippen molar-refractivity contribution in [1.82, 2.24) is 4.98 Å². The molecule has 0 unspecified atom stereocenters. The summed E-state index contributed by atoms with van der Waals surface area (Å²) < 4.78 is 22.3. The summed E-state index contributed by atoms with van der Waals surface area (Å²) in [4.78, 5) is 2.64. The first kappa shape index (κ1) is 7.81. The van der Waals surface area contributed by atoms with Crippen molar-refractivity contribution in [2.75, 3.05) is 6.26 Å². The molecule has 1 heterocycles. The number of aromatic nitrogens is 1. The first-order valence-corrected chi connectivity index (χ1v) is 5.23. The lowest BCUT2D eigenvalue weighted by Crippen LogP contribution is -1.96. The Kier molecular flexibility index (Phi) is 1.87. The van der Waals surface area contributed by atoms with E-state index in [9.17, 15) is 8.42 Å². The number of hydrogen-bond acceptors (Lipinski definition) is 2. The topological polar surface area (TPSA) is 49.9 Å². The summed E-state index contributed by atoms with van der Waals surface area (Å²) >= 11 is 3.10. The molecule has 1 aromatic heterocycles. The van der Waals surface area contributed by atoms with E-state index in [1.807, 2.05) is 0 Å². The van der Waals surface area contributed by atoms with Crippen molar-refractivity contribution in [3.63, 3.8) is 0 Å². The Morgan fingerprint density at radius 2 is 2.10 bits per heavy atom. The molecule has 10 heavy (non-hydrogen) atoms. The van der Waals surface area contributed by atoms with E-state index in [0.717, 1.165) is 6.26 Å². The largest absolute Gasteiger partial charge is 0.340 e. The highest BCUT2D eigenvalue weighted by atomic mass is 79.9. The van der Waals surface area contributed by atoms with Crippen LogP contribution < -0.4 is 0 Å². The van der Waals surface area contributed by atoms with Gasteiger partial charge in [0.25, 0.3) is 0 Å². The first-order valence-electron chi connectivity index (χ1n) is 2.55. The highest BCUT2D eigenvalue weighted by molar-refractivity contribution is 9.10. The fourth-order valence-corrected chi connectivity index (χ4v) is 1.65. The molecule has 0 saturated heterocycles. The number of halogens is 1. The molecule has 0 fully saturated rings. The molecule has 0 aliphatic carbocycles. The maximum Gasteiger partial charge on any atom is 0.190 e. The number of aromatic amines is 1. The van der Waals surface area contributed by atoms with Gasteiger partial charge in [-0.2, -0.15) is 0 Å². The van der Waals surface area contributed by atoms with Gasteiger partial charge in [0, 0.05) is 6.26 Å². The smallest absolute Gasteiger partial charge is 0.190 e. The second-order valence-electron chi connectivity index (χ2n) is 1.94. The molecular weight excluding hydrogens is 218 g/mol. The fourth-order valence-electron chi connectivity index (χ4n) is 0.566. The third-order valence-corrected chi connectivity index (χ3v) is 2.52. The molecule has 3 nitrogen and oxygen atoms in total. The van der Waals surface area contributed by atoms with Gasteiger partial charge in [0.05, 0.1) is 4.60 Å². The average molecular weight is 224 g/mol. The number of sulfone groups is 1. The number of rotatable bonds is 1. The maximum atomic E-state index is 10.8. The van der Waals surface area contributed by atoms with Crippen molar-refractivity contribution in [3.8, 4) is 0 Å². The van der Waals surface area contributed by atoms with Crippen LogP contribution in [-0.4, -0.2) is 19.7 Å². The molecule has 0 bridgehead atoms. The van der Waals surface area contributed by atoms with Crippen LogP contribution in [0.5, 0.6) is 0 Å². The van der Waals surface area contributed by atoms with Crippen LogP contribution >= 0.6 is 15.9 Å². The molecule has 5 heteroatoms. The minimum absolute atomic E-state index is 0.236. The lowest BCUT2D eigenvalue weighted by atomic mass is 10.7. The molecule has 0 aliphatic rings. The van der Waals surface area contributed by atoms with Crippen LogP contribution in [0.25, 0.3) is 0 Å². The summed E-state index contributed by atoms with van der Waals surface area (Å²) in [6, 6.07) is 3.16. The fraction of sp³-hybridized carbons (Fsp3) is 0.200. The van der Waals surface area contributed by atoms with Gasteiger partial charge in [-0.3, -0.25) is 0 Å². The Morgan fingerprint density at radius 1 is 1.50 bits per heavy atom. The molecular formula is C5H6BrNO2S. The van der Waals surface area contributed by atoms with E-state index >= 15 is 0 Å². The maximum absolute atomic E-state index is 10.8. The van der Waals surface area contributed by atoms with Crippen LogP contribution in [0.15, 0.2) is 21.8 Å². The van der Waals surface area contributed by atoms with Crippen LogP contribution in [0.1, 0.15) is 0 Å². The molecule has 0 radical (unpaired) electrons. The lowest BCUT2D eigenvalue weighted by Gasteiger charge is -1.89. The molecule has 0 amide bonds. The molecule has 1 aromatic rings. The molecule has 0 atom stereocenters. The van der Waals surface area contributed by atoms with Crippen LogP contribution in [0.4, 0.5) is 0 Å². The van der Waals surface area contributed by atoms with Crippen molar-refractivity contribution in [2.45, 2.75) is 5.03 Å². The molecule has 0 aromatic carbocycles. The summed E-state index contributed by atoms with van der Waals surface area (Å²) in [5.74, 6) is 0. The average Bonchev–Trinajstić information content (AvgIpc) is 2.11. The molecule has 1 N–H and O–H groups in total. The van der Waals surface area contributed by atoms with Crippen LogP contribution in [0, 0.1) is 0 Å². The van der Waals surface area contributed by atoms with E-state index in [2.05, 4.69) is 20.9 Å². The Bertz CT molecular complexity index is 327. The minimum Gasteiger partial charge on any atom is -0.340 e. The van der Waals surface area contributed by atoms with Gasteiger partial charge in [-0.15, -0.1) is 0 Å². The van der Waals surface area contributed by atoms with Crippen LogP contribution in [0.3, 0.4) is 0 Å². The van der Waals surface area contributed by atoms with Crippen molar-refractivity contribution in [1.29, 1.82) is 0 Å². The number of hydrogen-bond donors (Lipinski definition) is 1. The zero-order valence-corrected chi connectivity index (χ0v) is 7.66. The third-order valence-electron chi connectivity index (χ3n) is 1.02. The lowest BCUT2D eigenvalue weighted by molar-refractivity contribution is 0.599. The van der Waals surface area contributed by atoms with Gasteiger partial charge in [0.2, 0.25) is 0 Å². The Balaban J connectivity index is 3.21. The van der Waals surface area contributed by atoms with Gasteiger partial charge in [-0.05, 0) is 28.1 Å². The molecule has 1 rings (SSSR count). The van der Waals surface area contributed by atoms with Crippen LogP contribution in [0.2, 0.25) is 0 Å². The van der Waals surface area contributed by atoms with E-state index in [0.29, 0.717) is 4.60 Å².